The van der Waals surface area contributed by atoms with Crippen LogP contribution in [0.15, 0.2) is 0 Å². The molecule has 0 radical (unpaired) electrons. The highest BCUT2D eigenvalue weighted by Crippen LogP contribution is 2.37. The second-order valence-electron chi connectivity index (χ2n) is 6.66. The van der Waals surface area contributed by atoms with Crippen molar-refractivity contribution in [3.63, 3.8) is 0 Å². The second-order valence-corrected chi connectivity index (χ2v) is 6.66. The number of nitrogens with one attached hydrogen (secondary N) is 2. The van der Waals surface area contributed by atoms with Crippen LogP contribution < -0.4 is 9.80 Å². The Bertz CT molecular complexity index is 312. The Morgan fingerprint density at radius 1 is 1.19 bits per heavy atom. The van der Waals surface area contributed by atoms with Crippen LogP contribution in [0.2, 0.25) is 0 Å². The van der Waals surface area contributed by atoms with Crippen molar-refractivity contribution in [1.82, 2.24) is 0 Å². The van der Waals surface area contributed by atoms with Crippen LogP contribution in [0.25, 0.3) is 0 Å². The van der Waals surface area contributed by atoms with Crippen LogP contribution in [0.4, 0.5) is 0 Å². The molecule has 3 nitrogen and oxygen atoms in total. The lowest BCUT2D eigenvalue weighted by molar-refractivity contribution is -1.14. The van der Waals surface area contributed by atoms with Crippen molar-refractivity contribution in [2.45, 2.75) is 33.1 Å². The molecule has 4 aliphatic rings. The number of carbonyl (C=O) groups is 1. The molecule has 3 heteroatoms. The number of quaternary nitrogens is 2. The number of ketones is 1. The third kappa shape index (κ3) is 1.31. The molecule has 90 valence electrons. The molecule has 0 aromatic carbocycles. The molecule has 4 fully saturated rings. The Balaban J connectivity index is 1.91. The molecule has 0 aromatic heterocycles. The molecule has 0 spiro atoms. The van der Waals surface area contributed by atoms with Crippen molar-refractivity contribution in [1.29, 1.82) is 0 Å². The lowest BCUT2D eigenvalue weighted by Gasteiger charge is -2.56. The maximum atomic E-state index is 12.7. The van der Waals surface area contributed by atoms with Gasteiger partial charge >= 0.3 is 0 Å². The Labute approximate surface area is 97.8 Å². The molecule has 2 atom stereocenters. The van der Waals surface area contributed by atoms with E-state index in [2.05, 4.69) is 13.8 Å². The fourth-order valence-electron chi connectivity index (χ4n) is 4.68. The van der Waals surface area contributed by atoms with E-state index in [-0.39, 0.29) is 10.8 Å². The zero-order chi connectivity index (χ0) is 11.4. The number of piperidine rings is 2. The van der Waals surface area contributed by atoms with Crippen LogP contribution in [-0.4, -0.2) is 38.6 Å². The molecule has 4 aliphatic heterocycles. The van der Waals surface area contributed by atoms with Gasteiger partial charge in [0, 0.05) is 0 Å². The summed E-state index contributed by atoms with van der Waals surface area (Å²) < 4.78 is 0. The molecule has 2 unspecified atom stereocenters. The number of hydrogen-bond acceptors (Lipinski definition) is 1. The summed E-state index contributed by atoms with van der Waals surface area (Å²) >= 11 is 0. The molecule has 2 N–H and O–H groups in total. The Kier molecular flexibility index (Phi) is 2.21. The SMILES string of the molecule is CCCCC12C[NH+]3C[NH+](CC(C)(C3)C1=O)C2. The second kappa shape index (κ2) is 3.30. The molecule has 4 rings (SSSR count). The van der Waals surface area contributed by atoms with E-state index in [1.165, 1.54) is 19.5 Å². The maximum Gasteiger partial charge on any atom is 0.204 e. The highest BCUT2D eigenvalue weighted by atomic mass is 16.1. The molecule has 0 aliphatic carbocycles. The topological polar surface area (TPSA) is 26.0 Å². The average molecular weight is 224 g/mol. The Hall–Kier alpha value is -0.410. The lowest BCUT2D eigenvalue weighted by Crippen LogP contribution is -3.41. The molecule has 4 bridgehead atoms. The van der Waals surface area contributed by atoms with Gasteiger partial charge in [-0.25, -0.2) is 0 Å². The summed E-state index contributed by atoms with van der Waals surface area (Å²) in [5, 5.41) is 0. The molecule has 4 saturated heterocycles. The van der Waals surface area contributed by atoms with Crippen molar-refractivity contribution in [3.05, 3.63) is 0 Å². The van der Waals surface area contributed by atoms with E-state index < -0.39 is 0 Å². The van der Waals surface area contributed by atoms with E-state index in [0.29, 0.717) is 5.78 Å². The van der Waals surface area contributed by atoms with E-state index in [4.69, 9.17) is 0 Å². The Morgan fingerprint density at radius 2 is 1.81 bits per heavy atom. The summed E-state index contributed by atoms with van der Waals surface area (Å²) in [4.78, 5) is 16.1. The standard InChI is InChI=1S/C13H22N2O/c1-3-4-5-13-8-14-6-12(2,11(13)16)7-15(9-13)10-14/h3-10H2,1-2H3/p+2. The van der Waals surface area contributed by atoms with Crippen molar-refractivity contribution < 1.29 is 14.6 Å². The van der Waals surface area contributed by atoms with Crippen LogP contribution in [0.3, 0.4) is 0 Å². The van der Waals surface area contributed by atoms with Crippen molar-refractivity contribution in [3.8, 4) is 0 Å². The summed E-state index contributed by atoms with van der Waals surface area (Å²) in [7, 11) is 0. The van der Waals surface area contributed by atoms with E-state index in [9.17, 15) is 4.79 Å². The first kappa shape index (κ1) is 10.7. The summed E-state index contributed by atoms with van der Waals surface area (Å²) in [6.45, 7) is 10.2. The molecule has 0 aromatic rings. The summed E-state index contributed by atoms with van der Waals surface area (Å²) in [5.74, 6) is 0.612. The van der Waals surface area contributed by atoms with Crippen LogP contribution in [0.5, 0.6) is 0 Å². The molecular formula is C13H24N2O+2. The number of hydrogen-bond donors (Lipinski definition) is 2. The van der Waals surface area contributed by atoms with Crippen LogP contribution in [0, 0.1) is 10.8 Å². The number of unbranched alkanes of at least 4 members (excludes halogenated alkanes) is 1. The Morgan fingerprint density at radius 3 is 2.38 bits per heavy atom. The van der Waals surface area contributed by atoms with Crippen LogP contribution in [0.1, 0.15) is 33.1 Å². The monoisotopic (exact) mass is 224 g/mol. The van der Waals surface area contributed by atoms with Gasteiger partial charge in [0.25, 0.3) is 0 Å². The smallest absolute Gasteiger partial charge is 0.204 e. The van der Waals surface area contributed by atoms with Crippen molar-refractivity contribution in [2.24, 2.45) is 10.8 Å². The first-order valence-corrected chi connectivity index (χ1v) is 6.80. The van der Waals surface area contributed by atoms with E-state index >= 15 is 0 Å². The highest BCUT2D eigenvalue weighted by molar-refractivity contribution is 5.91. The largest absolute Gasteiger partial charge is 0.297 e. The molecule has 4 heterocycles. The van der Waals surface area contributed by atoms with Gasteiger partial charge in [0.1, 0.15) is 10.8 Å². The molecule has 0 amide bonds. The van der Waals surface area contributed by atoms with Gasteiger partial charge < -0.3 is 0 Å². The van der Waals surface area contributed by atoms with Gasteiger partial charge in [-0.2, -0.15) is 0 Å². The fourth-order valence-corrected chi connectivity index (χ4v) is 4.68. The third-order valence-corrected chi connectivity index (χ3v) is 5.00. The van der Waals surface area contributed by atoms with Crippen molar-refractivity contribution >= 4 is 5.78 Å². The minimum Gasteiger partial charge on any atom is -0.297 e. The van der Waals surface area contributed by atoms with E-state index in [0.717, 1.165) is 32.6 Å². The summed E-state index contributed by atoms with van der Waals surface area (Å²) in [6, 6.07) is 0. The van der Waals surface area contributed by atoms with Gasteiger partial charge in [-0.3, -0.25) is 14.6 Å². The molecule has 0 saturated carbocycles. The van der Waals surface area contributed by atoms with Gasteiger partial charge in [-0.15, -0.1) is 0 Å². The number of carbonyl (C=O) groups excluding carboxylic acids is 1. The van der Waals surface area contributed by atoms with E-state index in [1.54, 1.807) is 9.80 Å². The summed E-state index contributed by atoms with van der Waals surface area (Å²) in [5.41, 5.74) is 0.0668. The quantitative estimate of drug-likeness (QED) is 0.600. The average Bonchev–Trinajstić information content (AvgIpc) is 2.22. The molecule has 16 heavy (non-hydrogen) atoms. The number of rotatable bonds is 3. The third-order valence-electron chi connectivity index (χ3n) is 5.00. The minimum absolute atomic E-state index is 0.00710. The van der Waals surface area contributed by atoms with Gasteiger partial charge in [-0.05, 0) is 13.3 Å². The summed E-state index contributed by atoms with van der Waals surface area (Å²) in [6.07, 6.45) is 3.59. The van der Waals surface area contributed by atoms with Gasteiger partial charge in [0.05, 0.1) is 26.2 Å². The normalized spacial score (nSPS) is 50.0. The molecular weight excluding hydrogens is 200 g/mol. The van der Waals surface area contributed by atoms with Gasteiger partial charge in [0.15, 0.2) is 5.78 Å². The fraction of sp³-hybridized carbons (Fsp3) is 0.923. The first-order valence-electron chi connectivity index (χ1n) is 6.80. The van der Waals surface area contributed by atoms with Crippen LogP contribution >= 0.6 is 0 Å². The predicted octanol–water partition coefficient (Wildman–Crippen LogP) is -1.49. The zero-order valence-corrected chi connectivity index (χ0v) is 10.6. The van der Waals surface area contributed by atoms with Gasteiger partial charge in [0.2, 0.25) is 6.67 Å². The maximum absolute atomic E-state index is 12.7. The van der Waals surface area contributed by atoms with E-state index in [1.807, 2.05) is 0 Å². The lowest BCUT2D eigenvalue weighted by atomic mass is 9.60. The van der Waals surface area contributed by atoms with Gasteiger partial charge in [-0.1, -0.05) is 19.8 Å². The van der Waals surface area contributed by atoms with Crippen LogP contribution in [-0.2, 0) is 4.79 Å². The zero-order valence-electron chi connectivity index (χ0n) is 10.6. The minimum atomic E-state index is 0.00710. The van der Waals surface area contributed by atoms with Crippen molar-refractivity contribution in [2.75, 3.05) is 32.8 Å². The predicted molar refractivity (Wildman–Crippen MR) is 61.3 cm³/mol. The first-order chi connectivity index (χ1) is 7.58. The number of Topliss-reactive ketones (excluding diaryl/α,β-unsaturated/α-hetero) is 1. The highest BCUT2D eigenvalue weighted by Gasteiger charge is 2.66.